The fourth-order valence-corrected chi connectivity index (χ4v) is 1.82. The summed E-state index contributed by atoms with van der Waals surface area (Å²) in [6.45, 7) is 8.10. The fraction of sp³-hybridized carbons (Fsp3) is 0.556. The summed E-state index contributed by atoms with van der Waals surface area (Å²) in [5.41, 5.74) is 8.50. The molecule has 1 aromatic heterocycles. The number of hydrogen-bond acceptors (Lipinski definition) is 2. The maximum atomic E-state index is 5.61. The molecular formula is C9H15N3S. The normalized spacial score (nSPS) is 10.8. The number of nitrogens with zero attached hydrogens (tertiary/aromatic N) is 2. The van der Waals surface area contributed by atoms with Crippen molar-refractivity contribution in [2.45, 2.75) is 33.7 Å². The molecule has 4 heteroatoms. The van der Waals surface area contributed by atoms with Crippen LogP contribution in [0.3, 0.4) is 0 Å². The molecule has 0 bridgehead atoms. The Balaban J connectivity index is 3.30. The van der Waals surface area contributed by atoms with Crippen molar-refractivity contribution in [3.05, 3.63) is 17.0 Å². The second-order valence-electron chi connectivity index (χ2n) is 3.45. The summed E-state index contributed by atoms with van der Waals surface area (Å²) in [6, 6.07) is 0.349. The van der Waals surface area contributed by atoms with Crippen LogP contribution in [0.4, 0.5) is 0 Å². The van der Waals surface area contributed by atoms with E-state index in [0.29, 0.717) is 11.0 Å². The molecule has 0 radical (unpaired) electrons. The van der Waals surface area contributed by atoms with E-state index >= 15 is 0 Å². The molecule has 0 atom stereocenters. The molecule has 0 saturated heterocycles. The first-order valence-electron chi connectivity index (χ1n) is 4.30. The van der Waals surface area contributed by atoms with E-state index < -0.39 is 0 Å². The van der Waals surface area contributed by atoms with E-state index in [1.165, 1.54) is 0 Å². The van der Waals surface area contributed by atoms with Gasteiger partial charge in [0, 0.05) is 11.7 Å². The predicted molar refractivity (Wildman–Crippen MR) is 58.0 cm³/mol. The number of nitrogens with two attached hydrogens (primary N) is 1. The van der Waals surface area contributed by atoms with Gasteiger partial charge < -0.3 is 5.73 Å². The topological polar surface area (TPSA) is 43.8 Å². The van der Waals surface area contributed by atoms with Crippen LogP contribution in [0.2, 0.25) is 0 Å². The van der Waals surface area contributed by atoms with Crippen LogP contribution < -0.4 is 5.73 Å². The molecule has 0 saturated carbocycles. The van der Waals surface area contributed by atoms with Gasteiger partial charge in [-0.15, -0.1) is 0 Å². The summed E-state index contributed by atoms with van der Waals surface area (Å²) in [6.07, 6.45) is 0. The van der Waals surface area contributed by atoms with Gasteiger partial charge in [-0.25, -0.2) is 0 Å². The van der Waals surface area contributed by atoms with Crippen LogP contribution in [0.15, 0.2) is 0 Å². The van der Waals surface area contributed by atoms with Gasteiger partial charge in [0.15, 0.2) is 0 Å². The van der Waals surface area contributed by atoms with Crippen molar-refractivity contribution in [1.29, 1.82) is 0 Å². The molecule has 0 spiro atoms. The highest BCUT2D eigenvalue weighted by Crippen LogP contribution is 2.16. The summed E-state index contributed by atoms with van der Waals surface area (Å²) in [7, 11) is 0. The largest absolute Gasteiger partial charge is 0.389 e. The zero-order valence-corrected chi connectivity index (χ0v) is 9.27. The molecule has 1 aromatic rings. The lowest BCUT2D eigenvalue weighted by Crippen LogP contribution is -2.12. The van der Waals surface area contributed by atoms with E-state index in [9.17, 15) is 0 Å². The molecule has 0 aromatic carbocycles. The smallest absolute Gasteiger partial charge is 0.107 e. The molecule has 0 aliphatic rings. The Morgan fingerprint density at radius 1 is 1.46 bits per heavy atom. The lowest BCUT2D eigenvalue weighted by atomic mass is 10.2. The van der Waals surface area contributed by atoms with Crippen molar-refractivity contribution in [3.8, 4) is 0 Å². The lowest BCUT2D eigenvalue weighted by molar-refractivity contribution is 0.516. The van der Waals surface area contributed by atoms with Gasteiger partial charge in [0.25, 0.3) is 0 Å². The zero-order chi connectivity index (χ0) is 10.2. The molecular weight excluding hydrogens is 182 g/mol. The second-order valence-corrected chi connectivity index (χ2v) is 3.89. The molecule has 0 amide bonds. The number of aryl methyl sites for hydroxylation is 1. The predicted octanol–water partition coefficient (Wildman–Crippen LogP) is 1.72. The van der Waals surface area contributed by atoms with Gasteiger partial charge in [0.05, 0.1) is 11.3 Å². The van der Waals surface area contributed by atoms with Crippen LogP contribution >= 0.6 is 12.2 Å². The minimum atomic E-state index is 0.349. The second kappa shape index (κ2) is 3.46. The SMILES string of the molecule is Cc1nn(C(C)C)c(C)c1C(N)=S. The van der Waals surface area contributed by atoms with Crippen molar-refractivity contribution in [2.75, 3.05) is 0 Å². The van der Waals surface area contributed by atoms with E-state index in [1.54, 1.807) is 0 Å². The molecule has 1 rings (SSSR count). The molecule has 1 heterocycles. The molecule has 3 nitrogen and oxygen atoms in total. The van der Waals surface area contributed by atoms with Crippen molar-refractivity contribution < 1.29 is 0 Å². The van der Waals surface area contributed by atoms with Gasteiger partial charge in [-0.1, -0.05) is 12.2 Å². The molecule has 0 aliphatic carbocycles. The zero-order valence-electron chi connectivity index (χ0n) is 8.46. The fourth-order valence-electron chi connectivity index (χ4n) is 1.52. The highest BCUT2D eigenvalue weighted by Gasteiger charge is 2.14. The number of thiocarbonyl (C=S) groups is 1. The van der Waals surface area contributed by atoms with E-state index in [1.807, 2.05) is 18.5 Å². The maximum absolute atomic E-state index is 5.61. The Morgan fingerprint density at radius 2 is 2.00 bits per heavy atom. The Bertz CT molecular complexity index is 339. The minimum Gasteiger partial charge on any atom is -0.389 e. The summed E-state index contributed by atoms with van der Waals surface area (Å²) >= 11 is 4.96. The first-order valence-corrected chi connectivity index (χ1v) is 4.71. The number of aromatic nitrogens is 2. The van der Waals surface area contributed by atoms with Crippen molar-refractivity contribution >= 4 is 17.2 Å². The Kier molecular flexibility index (Phi) is 2.71. The minimum absolute atomic E-state index is 0.349. The van der Waals surface area contributed by atoms with Crippen molar-refractivity contribution in [3.63, 3.8) is 0 Å². The van der Waals surface area contributed by atoms with Gasteiger partial charge in [0.2, 0.25) is 0 Å². The first-order chi connectivity index (χ1) is 5.95. The molecule has 0 unspecified atom stereocenters. The Hall–Kier alpha value is -0.900. The number of hydrogen-bond donors (Lipinski definition) is 1. The number of rotatable bonds is 2. The van der Waals surface area contributed by atoms with Gasteiger partial charge in [-0.2, -0.15) is 5.10 Å². The molecule has 0 aliphatic heterocycles. The highest BCUT2D eigenvalue weighted by molar-refractivity contribution is 7.80. The van der Waals surface area contributed by atoms with Gasteiger partial charge in [0.1, 0.15) is 4.99 Å². The average molecular weight is 197 g/mol. The van der Waals surface area contributed by atoms with Crippen LogP contribution in [-0.4, -0.2) is 14.8 Å². The molecule has 13 heavy (non-hydrogen) atoms. The standard InChI is InChI=1S/C9H15N3S/c1-5(2)12-7(4)8(9(10)13)6(3)11-12/h5H,1-4H3,(H2,10,13). The van der Waals surface area contributed by atoms with Crippen LogP contribution in [0.25, 0.3) is 0 Å². The average Bonchev–Trinajstić information content (AvgIpc) is 2.26. The summed E-state index contributed by atoms with van der Waals surface area (Å²) in [5, 5.41) is 4.38. The third kappa shape index (κ3) is 1.72. The summed E-state index contributed by atoms with van der Waals surface area (Å²) < 4.78 is 1.95. The van der Waals surface area contributed by atoms with Crippen LogP contribution in [0.1, 0.15) is 36.8 Å². The maximum Gasteiger partial charge on any atom is 0.107 e. The summed E-state index contributed by atoms with van der Waals surface area (Å²) in [5.74, 6) is 0. The Morgan fingerprint density at radius 3 is 2.23 bits per heavy atom. The molecule has 2 N–H and O–H groups in total. The van der Waals surface area contributed by atoms with Crippen molar-refractivity contribution in [1.82, 2.24) is 9.78 Å². The third-order valence-electron chi connectivity index (χ3n) is 2.06. The quantitative estimate of drug-likeness (QED) is 0.734. The first kappa shape index (κ1) is 10.2. The van der Waals surface area contributed by atoms with Crippen molar-refractivity contribution in [2.24, 2.45) is 5.73 Å². The van der Waals surface area contributed by atoms with Gasteiger partial charge >= 0.3 is 0 Å². The summed E-state index contributed by atoms with van der Waals surface area (Å²) in [4.78, 5) is 0.432. The van der Waals surface area contributed by atoms with E-state index in [0.717, 1.165) is 17.0 Å². The third-order valence-corrected chi connectivity index (χ3v) is 2.26. The highest BCUT2D eigenvalue weighted by atomic mass is 32.1. The monoisotopic (exact) mass is 197 g/mol. The van der Waals surface area contributed by atoms with Gasteiger partial charge in [-0.05, 0) is 27.7 Å². The van der Waals surface area contributed by atoms with Crippen LogP contribution in [0, 0.1) is 13.8 Å². The lowest BCUT2D eigenvalue weighted by Gasteiger charge is -2.07. The van der Waals surface area contributed by atoms with Crippen LogP contribution in [-0.2, 0) is 0 Å². The van der Waals surface area contributed by atoms with Gasteiger partial charge in [-0.3, -0.25) is 4.68 Å². The van der Waals surface area contributed by atoms with Crippen LogP contribution in [0.5, 0.6) is 0 Å². The van der Waals surface area contributed by atoms with E-state index in [2.05, 4.69) is 18.9 Å². The molecule has 0 fully saturated rings. The van der Waals surface area contributed by atoms with E-state index in [4.69, 9.17) is 18.0 Å². The van der Waals surface area contributed by atoms with E-state index in [-0.39, 0.29) is 0 Å². The molecule has 72 valence electrons. The Labute approximate surface area is 83.9 Å².